The van der Waals surface area contributed by atoms with Gasteiger partial charge in [0, 0.05) is 25.2 Å². The Bertz CT molecular complexity index is 859. The van der Waals surface area contributed by atoms with Crippen LogP contribution in [0.4, 0.5) is 5.69 Å². The van der Waals surface area contributed by atoms with Crippen LogP contribution in [0.2, 0.25) is 5.02 Å². The van der Waals surface area contributed by atoms with Crippen LogP contribution in [-0.4, -0.2) is 36.9 Å². The fourth-order valence-electron chi connectivity index (χ4n) is 2.51. The van der Waals surface area contributed by atoms with Gasteiger partial charge in [-0.25, -0.2) is 8.42 Å². The molecule has 1 aliphatic rings. The minimum absolute atomic E-state index is 0.0228. The summed E-state index contributed by atoms with van der Waals surface area (Å²) < 4.78 is 23.1. The molecule has 1 fully saturated rings. The van der Waals surface area contributed by atoms with E-state index in [1.807, 2.05) is 0 Å². The zero-order valence-corrected chi connectivity index (χ0v) is 14.0. The Labute approximate surface area is 141 Å². The van der Waals surface area contributed by atoms with Gasteiger partial charge >= 0.3 is 0 Å². The van der Waals surface area contributed by atoms with Crippen molar-refractivity contribution in [2.24, 2.45) is 5.92 Å². The topological polar surface area (TPSA) is 128 Å². The summed E-state index contributed by atoms with van der Waals surface area (Å²) in [7, 11) is -3.80. The number of carbonyl (C=O) groups is 3. The summed E-state index contributed by atoms with van der Waals surface area (Å²) in [6.45, 7) is 0. The number of Topliss-reactive ketones (excluding diaryl/α,β-unsaturated/α-hetero) is 3. The molecule has 0 saturated heterocycles. The molecule has 8 nitrogen and oxygen atoms in total. The van der Waals surface area contributed by atoms with Gasteiger partial charge in [0.2, 0.25) is 0 Å². The van der Waals surface area contributed by atoms with Crippen LogP contribution >= 0.6 is 11.6 Å². The van der Waals surface area contributed by atoms with Crippen LogP contribution in [0.5, 0.6) is 0 Å². The van der Waals surface area contributed by atoms with E-state index in [1.165, 1.54) is 0 Å². The third-order valence-corrected chi connectivity index (χ3v) is 5.06. The van der Waals surface area contributed by atoms with E-state index in [2.05, 4.69) is 0 Å². The number of halogens is 1. The Hall–Kier alpha value is -2.13. The standard InChI is InChI=1S/C14H12ClNO7S/c1-24(22,23)7-5-8(15)12(9(6-7)16(20)21)14(19)13-10(17)3-2-4-11(13)18/h5-6,13H,2-4H2,1H3. The fraction of sp³-hybridized carbons (Fsp3) is 0.357. The highest BCUT2D eigenvalue weighted by Gasteiger charge is 2.40. The highest BCUT2D eigenvalue weighted by atomic mass is 35.5. The molecule has 0 aromatic heterocycles. The molecule has 0 unspecified atom stereocenters. The first-order chi connectivity index (χ1) is 11.0. The second kappa shape index (κ2) is 6.40. The van der Waals surface area contributed by atoms with Crippen molar-refractivity contribution in [3.63, 3.8) is 0 Å². The van der Waals surface area contributed by atoms with Gasteiger partial charge < -0.3 is 0 Å². The summed E-state index contributed by atoms with van der Waals surface area (Å²) in [6, 6.07) is 1.60. The molecule has 0 heterocycles. The fourth-order valence-corrected chi connectivity index (χ4v) is 3.54. The van der Waals surface area contributed by atoms with E-state index < -0.39 is 59.2 Å². The first-order valence-electron chi connectivity index (χ1n) is 6.81. The van der Waals surface area contributed by atoms with Crippen LogP contribution in [0, 0.1) is 16.0 Å². The summed E-state index contributed by atoms with van der Waals surface area (Å²) in [4.78, 5) is 46.2. The maximum Gasteiger partial charge on any atom is 0.283 e. The molecule has 1 aromatic carbocycles. The van der Waals surface area contributed by atoms with E-state index in [9.17, 15) is 32.9 Å². The molecule has 10 heteroatoms. The lowest BCUT2D eigenvalue weighted by Crippen LogP contribution is -2.35. The number of nitrogens with zero attached hydrogens (tertiary/aromatic N) is 1. The van der Waals surface area contributed by atoms with Gasteiger partial charge in [-0.1, -0.05) is 11.6 Å². The van der Waals surface area contributed by atoms with Gasteiger partial charge in [0.15, 0.2) is 27.2 Å². The zero-order chi connectivity index (χ0) is 18.2. The number of carbonyl (C=O) groups excluding carboxylic acids is 3. The van der Waals surface area contributed by atoms with Gasteiger partial charge in [-0.05, 0) is 12.5 Å². The van der Waals surface area contributed by atoms with Crippen LogP contribution < -0.4 is 0 Å². The SMILES string of the molecule is CS(=O)(=O)c1cc(Cl)c(C(=O)C2C(=O)CCCC2=O)c([N+](=O)[O-])c1. The molecule has 0 amide bonds. The second-order valence-corrected chi connectivity index (χ2v) is 7.83. The predicted molar refractivity (Wildman–Crippen MR) is 82.9 cm³/mol. The van der Waals surface area contributed by atoms with Crippen molar-refractivity contribution in [1.82, 2.24) is 0 Å². The average molecular weight is 374 g/mol. The molecule has 0 N–H and O–H groups in total. The van der Waals surface area contributed by atoms with E-state index in [0.717, 1.165) is 12.3 Å². The molecular formula is C14H12ClNO7S. The minimum Gasteiger partial charge on any atom is -0.298 e. The van der Waals surface area contributed by atoms with Gasteiger partial charge in [-0.15, -0.1) is 0 Å². The van der Waals surface area contributed by atoms with Gasteiger partial charge in [-0.2, -0.15) is 0 Å². The predicted octanol–water partition coefficient (Wildman–Crippen LogP) is 1.77. The monoisotopic (exact) mass is 373 g/mol. The van der Waals surface area contributed by atoms with E-state index >= 15 is 0 Å². The van der Waals surface area contributed by atoms with Crippen LogP contribution in [0.3, 0.4) is 0 Å². The highest BCUT2D eigenvalue weighted by molar-refractivity contribution is 7.90. The first-order valence-corrected chi connectivity index (χ1v) is 9.08. The van der Waals surface area contributed by atoms with Crippen LogP contribution in [0.25, 0.3) is 0 Å². The van der Waals surface area contributed by atoms with Crippen molar-refractivity contribution in [2.45, 2.75) is 24.2 Å². The first kappa shape index (κ1) is 18.2. The lowest BCUT2D eigenvalue weighted by atomic mass is 9.81. The van der Waals surface area contributed by atoms with Gasteiger partial charge in [0.25, 0.3) is 5.69 Å². The smallest absolute Gasteiger partial charge is 0.283 e. The van der Waals surface area contributed by atoms with Crippen molar-refractivity contribution in [3.05, 3.63) is 32.8 Å². The Morgan fingerprint density at radius 3 is 2.25 bits per heavy atom. The largest absolute Gasteiger partial charge is 0.298 e. The zero-order valence-electron chi connectivity index (χ0n) is 12.4. The summed E-state index contributed by atoms with van der Waals surface area (Å²) >= 11 is 5.88. The molecule has 2 rings (SSSR count). The molecule has 1 aliphatic carbocycles. The van der Waals surface area contributed by atoms with Crippen molar-refractivity contribution in [1.29, 1.82) is 0 Å². The number of benzene rings is 1. The molecule has 1 saturated carbocycles. The Morgan fingerprint density at radius 2 is 1.79 bits per heavy atom. The van der Waals surface area contributed by atoms with E-state index in [-0.39, 0.29) is 12.8 Å². The molecule has 0 spiro atoms. The number of nitro groups is 1. The lowest BCUT2D eigenvalue weighted by molar-refractivity contribution is -0.385. The average Bonchev–Trinajstić information content (AvgIpc) is 2.44. The number of hydrogen-bond donors (Lipinski definition) is 0. The minimum atomic E-state index is -3.80. The van der Waals surface area contributed by atoms with Crippen LogP contribution in [0.1, 0.15) is 29.6 Å². The maximum atomic E-state index is 12.5. The molecule has 128 valence electrons. The summed E-state index contributed by atoms with van der Waals surface area (Å²) in [5.41, 5.74) is -1.47. The molecule has 0 aliphatic heterocycles. The summed E-state index contributed by atoms with van der Waals surface area (Å²) in [5, 5.41) is 10.7. The van der Waals surface area contributed by atoms with Gasteiger partial charge in [-0.3, -0.25) is 24.5 Å². The van der Waals surface area contributed by atoms with E-state index in [0.29, 0.717) is 12.5 Å². The number of ketones is 3. The second-order valence-electron chi connectivity index (χ2n) is 5.41. The van der Waals surface area contributed by atoms with Crippen molar-refractivity contribution < 1.29 is 27.7 Å². The van der Waals surface area contributed by atoms with Crippen molar-refractivity contribution in [3.8, 4) is 0 Å². The van der Waals surface area contributed by atoms with Gasteiger partial charge in [0.1, 0.15) is 11.5 Å². The van der Waals surface area contributed by atoms with Gasteiger partial charge in [0.05, 0.1) is 14.8 Å². The van der Waals surface area contributed by atoms with Crippen molar-refractivity contribution >= 4 is 44.5 Å². The highest BCUT2D eigenvalue weighted by Crippen LogP contribution is 2.34. The summed E-state index contributed by atoms with van der Waals surface area (Å²) in [5.74, 6) is -3.93. The quantitative estimate of drug-likeness (QED) is 0.340. The molecule has 0 atom stereocenters. The Kier molecular flexibility index (Phi) is 4.86. The third kappa shape index (κ3) is 3.36. The van der Waals surface area contributed by atoms with Crippen molar-refractivity contribution in [2.75, 3.05) is 6.26 Å². The van der Waals surface area contributed by atoms with Crippen LogP contribution in [-0.2, 0) is 19.4 Å². The van der Waals surface area contributed by atoms with Crippen LogP contribution in [0.15, 0.2) is 17.0 Å². The molecular weight excluding hydrogens is 362 g/mol. The maximum absolute atomic E-state index is 12.5. The number of sulfone groups is 1. The number of nitro benzene ring substituents is 1. The number of rotatable bonds is 4. The normalized spacial score (nSPS) is 16.2. The lowest BCUT2D eigenvalue weighted by Gasteiger charge is -2.18. The molecule has 0 bridgehead atoms. The molecule has 24 heavy (non-hydrogen) atoms. The molecule has 1 aromatic rings. The summed E-state index contributed by atoms with van der Waals surface area (Å²) in [6.07, 6.45) is 1.20. The third-order valence-electron chi connectivity index (χ3n) is 3.67. The molecule has 0 radical (unpaired) electrons. The van der Waals surface area contributed by atoms with E-state index in [4.69, 9.17) is 11.6 Å². The van der Waals surface area contributed by atoms with E-state index in [1.54, 1.807) is 0 Å². The Balaban J connectivity index is 2.65. The Morgan fingerprint density at radius 1 is 1.25 bits per heavy atom. The number of hydrogen-bond acceptors (Lipinski definition) is 7.